The van der Waals surface area contributed by atoms with Gasteiger partial charge in [0.25, 0.3) is 0 Å². The third-order valence-electron chi connectivity index (χ3n) is 1.45. The second-order valence-electron chi connectivity index (χ2n) is 2.65. The number of halogens is 1. The number of hydrogen-bond donors (Lipinski definition) is 1. The Kier molecular flexibility index (Phi) is 3.17. The Morgan fingerprint density at radius 1 is 1.36 bits per heavy atom. The van der Waals surface area contributed by atoms with Gasteiger partial charge >= 0.3 is 0 Å². The second kappa shape index (κ2) is 3.95. The second-order valence-corrected chi connectivity index (χ2v) is 4.78. The molecule has 0 fully saturated rings. The lowest BCUT2D eigenvalue weighted by molar-refractivity contribution is 0.475. The minimum absolute atomic E-state index is 0.342. The van der Waals surface area contributed by atoms with Crippen molar-refractivity contribution in [1.29, 1.82) is 0 Å². The lowest BCUT2D eigenvalue weighted by Gasteiger charge is -2.02. The molecule has 0 spiro atoms. The van der Waals surface area contributed by atoms with Crippen LogP contribution in [0.4, 0.5) is 0 Å². The van der Waals surface area contributed by atoms with E-state index in [1.54, 1.807) is 12.1 Å². The van der Waals surface area contributed by atoms with E-state index in [-0.39, 0.29) is 0 Å². The predicted octanol–water partition coefficient (Wildman–Crippen LogP) is 2.76. The quantitative estimate of drug-likeness (QED) is 0.641. The largest absolute Gasteiger partial charge is 0.508 e. The first kappa shape index (κ1) is 8.84. The topological polar surface area (TPSA) is 20.2 Å². The summed E-state index contributed by atoms with van der Waals surface area (Å²) in [4.78, 5) is 0. The molecule has 0 radical (unpaired) electrons. The summed E-state index contributed by atoms with van der Waals surface area (Å²) in [6.45, 7) is 2.17. The van der Waals surface area contributed by atoms with Crippen LogP contribution in [0.2, 0.25) is 0 Å². The van der Waals surface area contributed by atoms with Crippen molar-refractivity contribution in [2.45, 2.75) is 17.3 Å². The fourth-order valence-electron chi connectivity index (χ4n) is 0.957. The van der Waals surface area contributed by atoms with Gasteiger partial charge in [0.15, 0.2) is 0 Å². The molecule has 11 heavy (non-hydrogen) atoms. The smallest absolute Gasteiger partial charge is 0.115 e. The van der Waals surface area contributed by atoms with E-state index in [1.165, 1.54) is 5.56 Å². The van der Waals surface area contributed by atoms with E-state index in [0.717, 1.165) is 6.42 Å². The Bertz CT molecular complexity index is 216. The normalized spacial score (nSPS) is 12.9. The minimum atomic E-state index is 0.342. The summed E-state index contributed by atoms with van der Waals surface area (Å²) >= 11 is 2.39. The van der Waals surface area contributed by atoms with Gasteiger partial charge in [0, 0.05) is 3.92 Å². The Morgan fingerprint density at radius 3 is 2.36 bits per heavy atom. The molecule has 0 aliphatic heterocycles. The molecule has 1 aromatic rings. The van der Waals surface area contributed by atoms with Gasteiger partial charge in [-0.2, -0.15) is 0 Å². The number of phenolic OH excluding ortho intramolecular Hbond substituents is 1. The van der Waals surface area contributed by atoms with Crippen molar-refractivity contribution in [1.82, 2.24) is 0 Å². The molecular formula is C9H11IO. The highest BCUT2D eigenvalue weighted by Crippen LogP contribution is 2.13. The van der Waals surface area contributed by atoms with Gasteiger partial charge in [-0.1, -0.05) is 41.6 Å². The molecule has 1 rings (SSSR count). The number of benzene rings is 1. The molecule has 0 aromatic heterocycles. The fraction of sp³-hybridized carbons (Fsp3) is 0.333. The summed E-state index contributed by atoms with van der Waals surface area (Å²) in [6.07, 6.45) is 1.07. The monoisotopic (exact) mass is 262 g/mol. The maximum atomic E-state index is 8.99. The standard InChI is InChI=1S/C9H11IO/c1-7(10)6-8-2-4-9(11)5-3-8/h2-5,7,11H,6H2,1H3/t7-/m1/s1. The van der Waals surface area contributed by atoms with E-state index in [0.29, 0.717) is 9.67 Å². The summed E-state index contributed by atoms with van der Waals surface area (Å²) in [5.41, 5.74) is 1.28. The molecule has 1 aromatic carbocycles. The van der Waals surface area contributed by atoms with Crippen LogP contribution in [0, 0.1) is 0 Å². The van der Waals surface area contributed by atoms with Crippen molar-refractivity contribution in [3.8, 4) is 5.75 Å². The zero-order valence-corrected chi connectivity index (χ0v) is 8.58. The summed E-state index contributed by atoms with van der Waals surface area (Å²) in [5, 5.41) is 8.99. The van der Waals surface area contributed by atoms with E-state index in [9.17, 15) is 0 Å². The van der Waals surface area contributed by atoms with Crippen LogP contribution in [0.15, 0.2) is 24.3 Å². The van der Waals surface area contributed by atoms with Crippen LogP contribution in [0.5, 0.6) is 5.75 Å². The molecule has 0 amide bonds. The van der Waals surface area contributed by atoms with Crippen molar-refractivity contribution in [2.75, 3.05) is 0 Å². The van der Waals surface area contributed by atoms with E-state index < -0.39 is 0 Å². The summed E-state index contributed by atoms with van der Waals surface area (Å²) in [7, 11) is 0. The van der Waals surface area contributed by atoms with Gasteiger partial charge in [-0.15, -0.1) is 0 Å². The van der Waals surface area contributed by atoms with Crippen molar-refractivity contribution in [3.63, 3.8) is 0 Å². The van der Waals surface area contributed by atoms with E-state index in [4.69, 9.17) is 5.11 Å². The molecule has 0 unspecified atom stereocenters. The predicted molar refractivity (Wildman–Crippen MR) is 55.3 cm³/mol. The third kappa shape index (κ3) is 3.10. The Labute approximate surface area is 80.6 Å². The van der Waals surface area contributed by atoms with Gasteiger partial charge in [0.2, 0.25) is 0 Å². The molecule has 0 aliphatic carbocycles. The van der Waals surface area contributed by atoms with Crippen LogP contribution in [0.3, 0.4) is 0 Å². The first-order chi connectivity index (χ1) is 5.18. The van der Waals surface area contributed by atoms with Gasteiger partial charge in [-0.3, -0.25) is 0 Å². The molecule has 0 bridgehead atoms. The highest BCUT2D eigenvalue weighted by Gasteiger charge is 1.97. The van der Waals surface area contributed by atoms with E-state index >= 15 is 0 Å². The van der Waals surface area contributed by atoms with Gasteiger partial charge in [-0.25, -0.2) is 0 Å². The number of aromatic hydroxyl groups is 1. The summed E-state index contributed by atoms with van der Waals surface area (Å²) < 4.78 is 0.650. The molecule has 1 N–H and O–H groups in total. The van der Waals surface area contributed by atoms with Crippen LogP contribution >= 0.6 is 22.6 Å². The van der Waals surface area contributed by atoms with Gasteiger partial charge in [-0.05, 0) is 24.1 Å². The lowest BCUT2D eigenvalue weighted by atomic mass is 10.1. The van der Waals surface area contributed by atoms with E-state index in [1.807, 2.05) is 12.1 Å². The molecular weight excluding hydrogens is 251 g/mol. The third-order valence-corrected chi connectivity index (χ3v) is 1.89. The molecule has 2 heteroatoms. The Morgan fingerprint density at radius 2 is 1.91 bits per heavy atom. The average molecular weight is 262 g/mol. The highest BCUT2D eigenvalue weighted by atomic mass is 127. The zero-order valence-electron chi connectivity index (χ0n) is 6.42. The van der Waals surface area contributed by atoms with Crippen molar-refractivity contribution in [2.24, 2.45) is 0 Å². The number of alkyl halides is 1. The van der Waals surface area contributed by atoms with Crippen molar-refractivity contribution < 1.29 is 5.11 Å². The van der Waals surface area contributed by atoms with Crippen LogP contribution in [0.25, 0.3) is 0 Å². The zero-order chi connectivity index (χ0) is 8.27. The Hall–Kier alpha value is -0.250. The molecule has 0 saturated carbocycles. The summed E-state index contributed by atoms with van der Waals surface area (Å²) in [6, 6.07) is 7.39. The molecule has 1 nitrogen and oxygen atoms in total. The molecule has 1 atom stereocenters. The first-order valence-corrected chi connectivity index (χ1v) is 4.85. The maximum absolute atomic E-state index is 8.99. The number of phenols is 1. The molecule has 0 heterocycles. The van der Waals surface area contributed by atoms with Gasteiger partial charge in [0.05, 0.1) is 0 Å². The highest BCUT2D eigenvalue weighted by molar-refractivity contribution is 14.1. The number of rotatable bonds is 2. The molecule has 60 valence electrons. The molecule has 0 aliphatic rings. The SMILES string of the molecule is C[C@@H](I)Cc1ccc(O)cc1. The lowest BCUT2D eigenvalue weighted by Crippen LogP contribution is -1.94. The van der Waals surface area contributed by atoms with Crippen LogP contribution < -0.4 is 0 Å². The maximum Gasteiger partial charge on any atom is 0.115 e. The first-order valence-electron chi connectivity index (χ1n) is 3.60. The van der Waals surface area contributed by atoms with Crippen molar-refractivity contribution in [3.05, 3.63) is 29.8 Å². The average Bonchev–Trinajstić information content (AvgIpc) is 1.93. The van der Waals surface area contributed by atoms with Gasteiger partial charge in [0.1, 0.15) is 5.75 Å². The fourth-order valence-corrected chi connectivity index (χ4v) is 1.47. The molecule has 0 saturated heterocycles. The van der Waals surface area contributed by atoms with Gasteiger partial charge < -0.3 is 5.11 Å². The Balaban J connectivity index is 2.66. The van der Waals surface area contributed by atoms with E-state index in [2.05, 4.69) is 29.5 Å². The number of hydrogen-bond acceptors (Lipinski definition) is 1. The van der Waals surface area contributed by atoms with Crippen molar-refractivity contribution >= 4 is 22.6 Å². The van der Waals surface area contributed by atoms with Crippen LogP contribution in [-0.4, -0.2) is 9.03 Å². The van der Waals surface area contributed by atoms with Crippen LogP contribution in [-0.2, 0) is 6.42 Å². The summed E-state index contributed by atoms with van der Waals surface area (Å²) in [5.74, 6) is 0.342. The van der Waals surface area contributed by atoms with Crippen LogP contribution in [0.1, 0.15) is 12.5 Å². The minimum Gasteiger partial charge on any atom is -0.508 e.